The zero-order valence-electron chi connectivity index (χ0n) is 14.5. The highest BCUT2D eigenvalue weighted by Crippen LogP contribution is 2.27. The maximum absolute atomic E-state index is 12.2. The molecule has 0 fully saturated rings. The molecule has 134 valence electrons. The number of carbonyl (C=O) groups is 1. The number of nitrogens with one attached hydrogen (secondary N) is 2. The molecule has 0 atom stereocenters. The van der Waals surface area contributed by atoms with Gasteiger partial charge in [-0.25, -0.2) is 0 Å². The second kappa shape index (κ2) is 8.11. The first-order valence-electron chi connectivity index (χ1n) is 8.00. The van der Waals surface area contributed by atoms with Crippen LogP contribution in [-0.2, 0) is 17.8 Å². The monoisotopic (exact) mass is 353 g/mol. The first-order chi connectivity index (χ1) is 12.7. The number of aromatic nitrogens is 4. The lowest BCUT2D eigenvalue weighted by Gasteiger charge is -2.10. The van der Waals surface area contributed by atoms with Gasteiger partial charge in [-0.15, -0.1) is 10.2 Å². The third-order valence-electron chi connectivity index (χ3n) is 3.83. The highest BCUT2D eigenvalue weighted by molar-refractivity contribution is 5.78. The van der Waals surface area contributed by atoms with Crippen molar-refractivity contribution in [2.75, 3.05) is 14.2 Å². The molecule has 1 aromatic heterocycles. The Labute approximate surface area is 150 Å². The molecule has 2 aromatic carbocycles. The molecular formula is C18H19N5O3. The van der Waals surface area contributed by atoms with Gasteiger partial charge in [-0.2, -0.15) is 5.21 Å². The molecule has 1 heterocycles. The van der Waals surface area contributed by atoms with Gasteiger partial charge in [0.2, 0.25) is 11.7 Å². The van der Waals surface area contributed by atoms with Crippen molar-refractivity contribution < 1.29 is 14.3 Å². The smallest absolute Gasteiger partial charge is 0.224 e. The number of hydrogen-bond donors (Lipinski definition) is 2. The van der Waals surface area contributed by atoms with E-state index in [1.807, 2.05) is 30.3 Å². The summed E-state index contributed by atoms with van der Waals surface area (Å²) in [6.45, 7) is 0.414. The van der Waals surface area contributed by atoms with Crippen LogP contribution in [-0.4, -0.2) is 40.8 Å². The standard InChI is InChI=1S/C18H19N5O3/c1-25-15-7-6-12(9-16(15)26-2)10-17(24)19-11-13-4-3-5-14(8-13)18-20-22-23-21-18/h3-9H,10-11H2,1-2H3,(H,19,24)(H,20,21,22,23). The Hall–Kier alpha value is -3.42. The van der Waals surface area contributed by atoms with Crippen molar-refractivity contribution in [1.29, 1.82) is 0 Å². The quantitative estimate of drug-likeness (QED) is 0.671. The van der Waals surface area contributed by atoms with Crippen molar-refractivity contribution in [2.45, 2.75) is 13.0 Å². The minimum Gasteiger partial charge on any atom is -0.493 e. The molecule has 0 aliphatic carbocycles. The average molecular weight is 353 g/mol. The normalized spacial score (nSPS) is 10.4. The molecule has 0 saturated heterocycles. The predicted octanol–water partition coefficient (Wildman–Crippen LogP) is 1.74. The van der Waals surface area contributed by atoms with E-state index in [1.165, 1.54) is 0 Å². The van der Waals surface area contributed by atoms with Gasteiger partial charge in [0.05, 0.1) is 20.6 Å². The zero-order chi connectivity index (χ0) is 18.4. The number of tetrazole rings is 1. The van der Waals surface area contributed by atoms with Gasteiger partial charge < -0.3 is 14.8 Å². The maximum atomic E-state index is 12.2. The van der Waals surface area contributed by atoms with E-state index in [2.05, 4.69) is 25.9 Å². The van der Waals surface area contributed by atoms with Crippen LogP contribution in [0.5, 0.6) is 11.5 Å². The minimum atomic E-state index is -0.0813. The summed E-state index contributed by atoms with van der Waals surface area (Å²) in [6.07, 6.45) is 0.255. The van der Waals surface area contributed by atoms with Crippen molar-refractivity contribution in [3.05, 3.63) is 53.6 Å². The van der Waals surface area contributed by atoms with Gasteiger partial charge in [0.1, 0.15) is 0 Å². The van der Waals surface area contributed by atoms with E-state index in [9.17, 15) is 4.79 Å². The molecule has 0 radical (unpaired) electrons. The largest absolute Gasteiger partial charge is 0.493 e. The van der Waals surface area contributed by atoms with E-state index >= 15 is 0 Å². The number of carbonyl (C=O) groups excluding carboxylic acids is 1. The number of aromatic amines is 1. The van der Waals surface area contributed by atoms with Gasteiger partial charge >= 0.3 is 0 Å². The fourth-order valence-electron chi connectivity index (χ4n) is 2.54. The van der Waals surface area contributed by atoms with Gasteiger partial charge in [-0.3, -0.25) is 4.79 Å². The summed E-state index contributed by atoms with van der Waals surface area (Å²) in [5, 5.41) is 16.8. The number of amides is 1. The number of ether oxygens (including phenoxy) is 2. The van der Waals surface area contributed by atoms with Gasteiger partial charge in [0.15, 0.2) is 11.5 Å². The number of H-pyrrole nitrogens is 1. The Kier molecular flexibility index (Phi) is 5.43. The maximum Gasteiger partial charge on any atom is 0.224 e. The van der Waals surface area contributed by atoms with Crippen LogP contribution in [0.3, 0.4) is 0 Å². The fraction of sp³-hybridized carbons (Fsp3) is 0.222. The summed E-state index contributed by atoms with van der Waals surface area (Å²) in [5.74, 6) is 1.67. The second-order valence-corrected chi connectivity index (χ2v) is 5.58. The highest BCUT2D eigenvalue weighted by Gasteiger charge is 2.09. The minimum absolute atomic E-state index is 0.0813. The first kappa shape index (κ1) is 17.4. The van der Waals surface area contributed by atoms with Crippen molar-refractivity contribution >= 4 is 5.91 Å². The van der Waals surface area contributed by atoms with Crippen LogP contribution in [0, 0.1) is 0 Å². The van der Waals surface area contributed by atoms with Crippen LogP contribution in [0.4, 0.5) is 0 Å². The lowest BCUT2D eigenvalue weighted by molar-refractivity contribution is -0.120. The van der Waals surface area contributed by atoms with Crippen molar-refractivity contribution in [3.63, 3.8) is 0 Å². The second-order valence-electron chi connectivity index (χ2n) is 5.58. The summed E-state index contributed by atoms with van der Waals surface area (Å²) in [4.78, 5) is 12.2. The molecule has 0 aliphatic heterocycles. The van der Waals surface area contributed by atoms with Crippen LogP contribution < -0.4 is 14.8 Å². The summed E-state index contributed by atoms with van der Waals surface area (Å²) < 4.78 is 10.5. The van der Waals surface area contributed by atoms with Crippen LogP contribution in [0.25, 0.3) is 11.4 Å². The summed E-state index contributed by atoms with van der Waals surface area (Å²) in [7, 11) is 3.14. The number of nitrogens with zero attached hydrogens (tertiary/aromatic N) is 3. The zero-order valence-corrected chi connectivity index (χ0v) is 14.5. The lowest BCUT2D eigenvalue weighted by atomic mass is 10.1. The molecule has 3 aromatic rings. The van der Waals surface area contributed by atoms with E-state index in [-0.39, 0.29) is 12.3 Å². The Morgan fingerprint density at radius 2 is 1.92 bits per heavy atom. The Morgan fingerprint density at radius 1 is 1.08 bits per heavy atom. The van der Waals surface area contributed by atoms with Crippen LogP contribution in [0.2, 0.25) is 0 Å². The number of benzene rings is 2. The molecule has 8 heteroatoms. The first-order valence-corrected chi connectivity index (χ1v) is 8.00. The number of rotatable bonds is 7. The molecule has 2 N–H and O–H groups in total. The Balaban J connectivity index is 1.60. The Bertz CT molecular complexity index is 880. The number of methoxy groups -OCH3 is 2. The fourth-order valence-corrected chi connectivity index (χ4v) is 2.54. The molecule has 1 amide bonds. The van der Waals surface area contributed by atoms with Gasteiger partial charge in [0.25, 0.3) is 0 Å². The molecular weight excluding hydrogens is 334 g/mol. The Morgan fingerprint density at radius 3 is 2.65 bits per heavy atom. The third-order valence-corrected chi connectivity index (χ3v) is 3.83. The molecule has 0 bridgehead atoms. The van der Waals surface area contributed by atoms with Crippen molar-refractivity contribution in [3.8, 4) is 22.9 Å². The third kappa shape index (κ3) is 4.15. The van der Waals surface area contributed by atoms with E-state index < -0.39 is 0 Å². The van der Waals surface area contributed by atoms with Crippen molar-refractivity contribution in [2.24, 2.45) is 0 Å². The van der Waals surface area contributed by atoms with Gasteiger partial charge in [-0.1, -0.05) is 24.3 Å². The summed E-state index contributed by atoms with van der Waals surface area (Å²) in [5.41, 5.74) is 2.64. The van der Waals surface area contributed by atoms with Crippen molar-refractivity contribution in [1.82, 2.24) is 25.9 Å². The summed E-state index contributed by atoms with van der Waals surface area (Å²) in [6, 6.07) is 13.1. The molecule has 0 spiro atoms. The molecule has 3 rings (SSSR count). The molecule has 0 aliphatic rings. The summed E-state index contributed by atoms with van der Waals surface area (Å²) >= 11 is 0. The molecule has 0 unspecified atom stereocenters. The predicted molar refractivity (Wildman–Crippen MR) is 94.7 cm³/mol. The van der Waals surface area contributed by atoms with Gasteiger partial charge in [0, 0.05) is 12.1 Å². The van der Waals surface area contributed by atoms with E-state index in [0.29, 0.717) is 23.9 Å². The topological polar surface area (TPSA) is 102 Å². The van der Waals surface area contributed by atoms with E-state index in [0.717, 1.165) is 16.7 Å². The van der Waals surface area contributed by atoms with Crippen LogP contribution in [0.1, 0.15) is 11.1 Å². The van der Waals surface area contributed by atoms with Gasteiger partial charge in [-0.05, 0) is 34.5 Å². The van der Waals surface area contributed by atoms with Crippen LogP contribution >= 0.6 is 0 Å². The molecule has 26 heavy (non-hydrogen) atoms. The van der Waals surface area contributed by atoms with Crippen LogP contribution in [0.15, 0.2) is 42.5 Å². The SMILES string of the molecule is COc1ccc(CC(=O)NCc2cccc(-c3nn[nH]n3)c2)cc1OC. The lowest BCUT2D eigenvalue weighted by Crippen LogP contribution is -2.24. The molecule has 8 nitrogen and oxygen atoms in total. The highest BCUT2D eigenvalue weighted by atomic mass is 16.5. The van der Waals surface area contributed by atoms with E-state index in [4.69, 9.17) is 9.47 Å². The van der Waals surface area contributed by atoms with E-state index in [1.54, 1.807) is 26.4 Å². The number of hydrogen-bond acceptors (Lipinski definition) is 6. The average Bonchev–Trinajstić information content (AvgIpc) is 3.21. The molecule has 0 saturated carbocycles.